The van der Waals surface area contributed by atoms with E-state index in [0.29, 0.717) is 5.78 Å². The van der Waals surface area contributed by atoms with Gasteiger partial charge in [-0.1, -0.05) is 6.42 Å². The van der Waals surface area contributed by atoms with E-state index in [1.165, 1.54) is 18.6 Å². The van der Waals surface area contributed by atoms with Crippen molar-refractivity contribution < 1.29 is 4.79 Å². The molecule has 2 nitrogen and oxygen atoms in total. The minimum atomic E-state index is 0.317. The molecule has 3 heteroatoms. The number of unbranched alkanes of at least 4 members (excludes halogenated alkanes) is 2. The number of hydrogen-bond donors (Lipinski definition) is 1. The molecule has 0 unspecified atom stereocenters. The average Bonchev–Trinajstić information content (AvgIpc) is 2.02. The molecule has 0 aromatic rings. The molecule has 0 aliphatic carbocycles. The average molecular weight is 189 g/mol. The highest BCUT2D eigenvalue weighted by Gasteiger charge is 1.93. The van der Waals surface area contributed by atoms with Crippen LogP contribution in [-0.4, -0.2) is 24.5 Å². The highest BCUT2D eigenvalue weighted by Crippen LogP contribution is 2.06. The minimum absolute atomic E-state index is 0.317. The second-order valence-electron chi connectivity index (χ2n) is 2.92. The van der Waals surface area contributed by atoms with Crippen LogP contribution in [-0.2, 0) is 4.79 Å². The first-order valence-corrected chi connectivity index (χ1v) is 5.64. The van der Waals surface area contributed by atoms with Crippen LogP contribution in [0.5, 0.6) is 0 Å². The fourth-order valence-electron chi connectivity index (χ4n) is 0.929. The van der Waals surface area contributed by atoms with Crippen LogP contribution in [0.15, 0.2) is 0 Å². The van der Waals surface area contributed by atoms with E-state index in [2.05, 4.69) is 5.32 Å². The second-order valence-corrected chi connectivity index (χ2v) is 4.02. The molecule has 1 N–H and O–H groups in total. The second kappa shape index (κ2) is 9.07. The maximum Gasteiger partial charge on any atom is 0.129 e. The maximum absolute atomic E-state index is 10.6. The Kier molecular flexibility index (Phi) is 9.06. The summed E-state index contributed by atoms with van der Waals surface area (Å²) in [5.41, 5.74) is 0. The molecule has 0 aliphatic rings. The number of carbonyl (C=O) groups is 1. The third-order valence-corrected chi connectivity index (χ3v) is 2.63. The first-order chi connectivity index (χ1) is 5.77. The van der Waals surface area contributed by atoms with Crippen LogP contribution in [0.25, 0.3) is 0 Å². The predicted octanol–water partition coefficient (Wildman–Crippen LogP) is 2.05. The normalized spacial score (nSPS) is 10.2. The van der Waals surface area contributed by atoms with Crippen molar-refractivity contribution in [3.63, 3.8) is 0 Å². The van der Waals surface area contributed by atoms with Crippen molar-refractivity contribution in [2.45, 2.75) is 32.6 Å². The third kappa shape index (κ3) is 9.98. The zero-order valence-corrected chi connectivity index (χ0v) is 8.88. The molecule has 0 heterocycles. The summed E-state index contributed by atoms with van der Waals surface area (Å²) >= 11 is 1.92. The first kappa shape index (κ1) is 12.0. The summed E-state index contributed by atoms with van der Waals surface area (Å²) < 4.78 is 0. The molecule has 72 valence electrons. The van der Waals surface area contributed by atoms with Crippen LogP contribution in [0.3, 0.4) is 0 Å². The van der Waals surface area contributed by atoms with Gasteiger partial charge in [0.1, 0.15) is 5.78 Å². The Hall–Kier alpha value is -0.0200. The molecule has 0 radical (unpaired) electrons. The third-order valence-electron chi connectivity index (χ3n) is 1.56. The molecule has 0 bridgehead atoms. The number of hydrogen-bond acceptors (Lipinski definition) is 3. The minimum Gasteiger partial charge on any atom is -0.311 e. The molecule has 0 fully saturated rings. The van der Waals surface area contributed by atoms with Crippen LogP contribution in [0.2, 0.25) is 0 Å². The van der Waals surface area contributed by atoms with E-state index in [1.54, 1.807) is 6.92 Å². The Balaban J connectivity index is 2.86. The van der Waals surface area contributed by atoms with E-state index >= 15 is 0 Å². The van der Waals surface area contributed by atoms with Gasteiger partial charge in [0.2, 0.25) is 0 Å². The van der Waals surface area contributed by atoms with Crippen LogP contribution < -0.4 is 5.32 Å². The fraction of sp³-hybridized carbons (Fsp3) is 0.889. The zero-order chi connectivity index (χ0) is 9.23. The Morgan fingerprint density at radius 3 is 2.67 bits per heavy atom. The molecule has 0 saturated carbocycles. The highest BCUT2D eigenvalue weighted by molar-refractivity contribution is 7.99. The zero-order valence-electron chi connectivity index (χ0n) is 8.06. The van der Waals surface area contributed by atoms with Crippen molar-refractivity contribution in [2.75, 3.05) is 18.7 Å². The molecule has 0 atom stereocenters. The van der Waals surface area contributed by atoms with Crippen molar-refractivity contribution in [3.8, 4) is 0 Å². The summed E-state index contributed by atoms with van der Waals surface area (Å²) in [6, 6.07) is 0. The van der Waals surface area contributed by atoms with Crippen molar-refractivity contribution in [1.82, 2.24) is 5.32 Å². The van der Waals surface area contributed by atoms with E-state index in [-0.39, 0.29) is 0 Å². The highest BCUT2D eigenvalue weighted by atomic mass is 32.2. The van der Waals surface area contributed by atoms with Crippen LogP contribution in [0.1, 0.15) is 32.6 Å². The number of ketones is 1. The molecule has 0 spiro atoms. The summed E-state index contributed by atoms with van der Waals surface area (Å²) in [5, 5.41) is 3.09. The summed E-state index contributed by atoms with van der Waals surface area (Å²) in [4.78, 5) is 10.6. The topological polar surface area (TPSA) is 29.1 Å². The SMILES string of the molecule is CNCSCCCCCC(C)=O. The first-order valence-electron chi connectivity index (χ1n) is 4.49. The van der Waals surface area contributed by atoms with Gasteiger partial charge in [0.25, 0.3) is 0 Å². The predicted molar refractivity (Wildman–Crippen MR) is 55.5 cm³/mol. The summed E-state index contributed by atoms with van der Waals surface area (Å²) in [6.07, 6.45) is 4.25. The molecule has 0 amide bonds. The van der Waals surface area contributed by atoms with E-state index < -0.39 is 0 Å². The molecule has 0 aromatic heterocycles. The van der Waals surface area contributed by atoms with Gasteiger partial charge in [-0.2, -0.15) is 0 Å². The molecule has 12 heavy (non-hydrogen) atoms. The van der Waals surface area contributed by atoms with E-state index in [4.69, 9.17) is 0 Å². The Labute approximate surface area is 79.5 Å². The van der Waals surface area contributed by atoms with E-state index in [0.717, 1.165) is 18.7 Å². The van der Waals surface area contributed by atoms with Crippen molar-refractivity contribution in [3.05, 3.63) is 0 Å². The van der Waals surface area contributed by atoms with Gasteiger partial charge in [-0.25, -0.2) is 0 Å². The lowest BCUT2D eigenvalue weighted by Crippen LogP contribution is -2.03. The fourth-order valence-corrected chi connectivity index (χ4v) is 1.69. The summed E-state index contributed by atoms with van der Waals surface area (Å²) in [6.45, 7) is 1.66. The number of thioether (sulfide) groups is 1. The van der Waals surface area contributed by atoms with Gasteiger partial charge in [-0.05, 0) is 32.6 Å². The van der Waals surface area contributed by atoms with Crippen LogP contribution in [0, 0.1) is 0 Å². The van der Waals surface area contributed by atoms with Gasteiger partial charge in [-0.15, -0.1) is 11.8 Å². The van der Waals surface area contributed by atoms with Crippen LogP contribution >= 0.6 is 11.8 Å². The van der Waals surface area contributed by atoms with Gasteiger partial charge in [-0.3, -0.25) is 0 Å². The molecular formula is C9H19NOS. The standard InChI is InChI=1S/C9H19NOS/c1-9(11)6-4-3-5-7-12-8-10-2/h10H,3-8H2,1-2H3. The molecule has 0 aromatic carbocycles. The number of nitrogens with one attached hydrogen (secondary N) is 1. The Morgan fingerprint density at radius 2 is 2.08 bits per heavy atom. The molecular weight excluding hydrogens is 170 g/mol. The van der Waals surface area contributed by atoms with Crippen molar-refractivity contribution in [2.24, 2.45) is 0 Å². The lowest BCUT2D eigenvalue weighted by Gasteiger charge is -1.99. The maximum atomic E-state index is 10.6. The Bertz CT molecular complexity index is 117. The van der Waals surface area contributed by atoms with Gasteiger partial charge < -0.3 is 10.1 Å². The van der Waals surface area contributed by atoms with Crippen LogP contribution in [0.4, 0.5) is 0 Å². The van der Waals surface area contributed by atoms with Crippen molar-refractivity contribution >= 4 is 17.5 Å². The van der Waals surface area contributed by atoms with Gasteiger partial charge in [0, 0.05) is 12.3 Å². The number of carbonyl (C=O) groups excluding carboxylic acids is 1. The van der Waals surface area contributed by atoms with Crippen molar-refractivity contribution in [1.29, 1.82) is 0 Å². The summed E-state index contributed by atoms with van der Waals surface area (Å²) in [7, 11) is 1.96. The monoisotopic (exact) mass is 189 g/mol. The lowest BCUT2D eigenvalue weighted by molar-refractivity contribution is -0.117. The smallest absolute Gasteiger partial charge is 0.129 e. The lowest BCUT2D eigenvalue weighted by atomic mass is 10.2. The number of Topliss-reactive ketones (excluding diaryl/α,β-unsaturated/α-hetero) is 1. The molecule has 0 aliphatic heterocycles. The molecule has 0 saturated heterocycles. The number of rotatable bonds is 8. The largest absolute Gasteiger partial charge is 0.311 e. The van der Waals surface area contributed by atoms with E-state index in [9.17, 15) is 4.79 Å². The van der Waals surface area contributed by atoms with E-state index in [1.807, 2.05) is 18.8 Å². The van der Waals surface area contributed by atoms with Gasteiger partial charge >= 0.3 is 0 Å². The van der Waals surface area contributed by atoms with Gasteiger partial charge in [0.15, 0.2) is 0 Å². The quantitative estimate of drug-likeness (QED) is 0.468. The Morgan fingerprint density at radius 1 is 1.33 bits per heavy atom. The molecule has 0 rings (SSSR count). The summed E-state index contributed by atoms with van der Waals surface area (Å²) in [5.74, 6) is 2.56. The van der Waals surface area contributed by atoms with Gasteiger partial charge in [0.05, 0.1) is 0 Å².